The molecule has 1 heterocycles. The van der Waals surface area contributed by atoms with Crippen LogP contribution in [-0.4, -0.2) is 30.1 Å². The third-order valence-electron chi connectivity index (χ3n) is 3.47. The van der Waals surface area contributed by atoms with Gasteiger partial charge in [0.15, 0.2) is 0 Å². The second-order valence-electron chi connectivity index (χ2n) is 4.78. The molecule has 1 aromatic rings. The molecule has 1 aromatic heterocycles. The maximum absolute atomic E-state index is 4.54. The molecule has 4 nitrogen and oxygen atoms in total. The van der Waals surface area contributed by atoms with Crippen LogP contribution >= 0.6 is 0 Å². The van der Waals surface area contributed by atoms with Crippen molar-refractivity contribution in [2.45, 2.75) is 33.1 Å². The molecule has 0 aliphatic heterocycles. The van der Waals surface area contributed by atoms with Crippen LogP contribution in [0.4, 0.5) is 11.8 Å². The van der Waals surface area contributed by atoms with E-state index in [1.54, 1.807) is 0 Å². The predicted octanol–water partition coefficient (Wildman–Crippen LogP) is 2.45. The highest BCUT2D eigenvalue weighted by atomic mass is 15.2. The molecule has 1 aliphatic rings. The van der Waals surface area contributed by atoms with Gasteiger partial charge in [0, 0.05) is 31.9 Å². The number of nitrogens with zero attached hydrogens (tertiary/aromatic N) is 3. The fourth-order valence-corrected chi connectivity index (χ4v) is 2.20. The van der Waals surface area contributed by atoms with E-state index in [9.17, 15) is 0 Å². The van der Waals surface area contributed by atoms with Crippen molar-refractivity contribution in [1.82, 2.24) is 9.97 Å². The second-order valence-corrected chi connectivity index (χ2v) is 4.78. The summed E-state index contributed by atoms with van der Waals surface area (Å²) in [5, 5.41) is 3.02. The smallest absolute Gasteiger partial charge is 0.224 e. The molecular formula is C13H22N4. The van der Waals surface area contributed by atoms with Gasteiger partial charge < -0.3 is 10.2 Å². The first kappa shape index (κ1) is 12.1. The molecule has 0 bridgehead atoms. The minimum absolute atomic E-state index is 0.715. The van der Waals surface area contributed by atoms with E-state index < -0.39 is 0 Å². The summed E-state index contributed by atoms with van der Waals surface area (Å²) in [4.78, 5) is 11.2. The monoisotopic (exact) mass is 234 g/mol. The Morgan fingerprint density at radius 2 is 2.18 bits per heavy atom. The third kappa shape index (κ3) is 2.87. The Labute approximate surface area is 103 Å². The van der Waals surface area contributed by atoms with Crippen LogP contribution in [0.2, 0.25) is 0 Å². The van der Waals surface area contributed by atoms with Crippen molar-refractivity contribution in [2.24, 2.45) is 5.92 Å². The summed E-state index contributed by atoms with van der Waals surface area (Å²) in [7, 11) is 1.86. The summed E-state index contributed by atoms with van der Waals surface area (Å²) < 4.78 is 0. The van der Waals surface area contributed by atoms with Gasteiger partial charge in [-0.15, -0.1) is 0 Å². The zero-order valence-corrected chi connectivity index (χ0v) is 11.0. The van der Waals surface area contributed by atoms with Crippen LogP contribution in [0.15, 0.2) is 6.07 Å². The molecule has 1 fully saturated rings. The van der Waals surface area contributed by atoms with E-state index in [0.717, 1.165) is 30.5 Å². The Morgan fingerprint density at radius 3 is 2.71 bits per heavy atom. The lowest BCUT2D eigenvalue weighted by atomic mass is 9.85. The Hall–Kier alpha value is -1.32. The first-order valence-electron chi connectivity index (χ1n) is 6.51. The minimum Gasteiger partial charge on any atom is -0.357 e. The Bertz CT molecular complexity index is 374. The van der Waals surface area contributed by atoms with E-state index in [1.165, 1.54) is 19.3 Å². The van der Waals surface area contributed by atoms with Crippen LogP contribution in [0.3, 0.4) is 0 Å². The van der Waals surface area contributed by atoms with Gasteiger partial charge in [-0.3, -0.25) is 0 Å². The van der Waals surface area contributed by atoms with Gasteiger partial charge >= 0.3 is 0 Å². The third-order valence-corrected chi connectivity index (χ3v) is 3.47. The molecule has 0 amide bonds. The lowest BCUT2D eigenvalue weighted by Gasteiger charge is -2.32. The van der Waals surface area contributed by atoms with Gasteiger partial charge in [-0.05, 0) is 32.6 Å². The predicted molar refractivity (Wildman–Crippen MR) is 71.5 cm³/mol. The quantitative estimate of drug-likeness (QED) is 0.849. The van der Waals surface area contributed by atoms with Gasteiger partial charge in [0.25, 0.3) is 0 Å². The summed E-state index contributed by atoms with van der Waals surface area (Å²) in [5.41, 5.74) is 1.02. The summed E-state index contributed by atoms with van der Waals surface area (Å²) >= 11 is 0. The molecule has 1 N–H and O–H groups in total. The molecule has 1 aliphatic carbocycles. The van der Waals surface area contributed by atoms with Crippen molar-refractivity contribution in [2.75, 3.05) is 30.4 Å². The Balaban J connectivity index is 2.13. The topological polar surface area (TPSA) is 41.1 Å². The molecule has 94 valence electrons. The van der Waals surface area contributed by atoms with Gasteiger partial charge in [0.05, 0.1) is 0 Å². The van der Waals surface area contributed by atoms with Crippen LogP contribution in [0, 0.1) is 12.8 Å². The Morgan fingerprint density at radius 1 is 1.41 bits per heavy atom. The number of aromatic nitrogens is 2. The highest BCUT2D eigenvalue weighted by Crippen LogP contribution is 2.28. The highest BCUT2D eigenvalue weighted by molar-refractivity contribution is 5.44. The lowest BCUT2D eigenvalue weighted by molar-refractivity contribution is 0.318. The molecule has 0 spiro atoms. The van der Waals surface area contributed by atoms with Crippen LogP contribution in [-0.2, 0) is 0 Å². The van der Waals surface area contributed by atoms with E-state index in [4.69, 9.17) is 0 Å². The molecule has 4 heteroatoms. The lowest BCUT2D eigenvalue weighted by Crippen LogP contribution is -2.33. The standard InChI is InChI=1S/C13H22N4/c1-4-17(9-11-6-5-7-11)12-8-10(2)15-13(14-3)16-12/h8,11H,4-7,9H2,1-3H3,(H,14,15,16). The molecular weight excluding hydrogens is 212 g/mol. The summed E-state index contributed by atoms with van der Waals surface area (Å²) in [5.74, 6) is 2.63. The molecule has 1 saturated carbocycles. The molecule has 0 aromatic carbocycles. The van der Waals surface area contributed by atoms with E-state index in [-0.39, 0.29) is 0 Å². The molecule has 2 rings (SSSR count). The van der Waals surface area contributed by atoms with Gasteiger partial charge in [-0.25, -0.2) is 4.98 Å². The van der Waals surface area contributed by atoms with Gasteiger partial charge in [0.1, 0.15) is 5.82 Å². The second kappa shape index (κ2) is 5.34. The summed E-state index contributed by atoms with van der Waals surface area (Å²) in [6.07, 6.45) is 4.14. The van der Waals surface area contributed by atoms with E-state index in [1.807, 2.05) is 14.0 Å². The van der Waals surface area contributed by atoms with E-state index in [0.29, 0.717) is 5.95 Å². The largest absolute Gasteiger partial charge is 0.357 e. The first-order valence-corrected chi connectivity index (χ1v) is 6.51. The van der Waals surface area contributed by atoms with Crippen LogP contribution in [0.25, 0.3) is 0 Å². The van der Waals surface area contributed by atoms with E-state index >= 15 is 0 Å². The normalized spacial score (nSPS) is 15.5. The number of aryl methyl sites for hydroxylation is 1. The molecule has 0 unspecified atom stereocenters. The summed E-state index contributed by atoms with van der Waals surface area (Å²) in [6, 6.07) is 2.07. The van der Waals surface area contributed by atoms with Crippen molar-refractivity contribution >= 4 is 11.8 Å². The fourth-order valence-electron chi connectivity index (χ4n) is 2.20. The average Bonchev–Trinajstić information content (AvgIpc) is 2.27. The number of hydrogen-bond donors (Lipinski definition) is 1. The minimum atomic E-state index is 0.715. The molecule has 17 heavy (non-hydrogen) atoms. The zero-order chi connectivity index (χ0) is 12.3. The molecule has 0 radical (unpaired) electrons. The van der Waals surface area contributed by atoms with Crippen molar-refractivity contribution in [1.29, 1.82) is 0 Å². The maximum atomic E-state index is 4.54. The first-order chi connectivity index (χ1) is 8.22. The number of hydrogen-bond acceptors (Lipinski definition) is 4. The van der Waals surface area contributed by atoms with Crippen molar-refractivity contribution in [3.63, 3.8) is 0 Å². The number of anilines is 2. The number of nitrogens with one attached hydrogen (secondary N) is 1. The van der Waals surface area contributed by atoms with Gasteiger partial charge in [-0.1, -0.05) is 6.42 Å². The van der Waals surface area contributed by atoms with Crippen LogP contribution in [0.1, 0.15) is 31.9 Å². The molecule has 0 saturated heterocycles. The van der Waals surface area contributed by atoms with Crippen LogP contribution < -0.4 is 10.2 Å². The van der Waals surface area contributed by atoms with Crippen molar-refractivity contribution < 1.29 is 0 Å². The van der Waals surface area contributed by atoms with Crippen molar-refractivity contribution in [3.05, 3.63) is 11.8 Å². The SMILES string of the molecule is CCN(CC1CCC1)c1cc(C)nc(NC)n1. The Kier molecular flexibility index (Phi) is 3.82. The van der Waals surface area contributed by atoms with Crippen molar-refractivity contribution in [3.8, 4) is 0 Å². The van der Waals surface area contributed by atoms with Crippen LogP contribution in [0.5, 0.6) is 0 Å². The van der Waals surface area contributed by atoms with Gasteiger partial charge in [0.2, 0.25) is 5.95 Å². The maximum Gasteiger partial charge on any atom is 0.224 e. The average molecular weight is 234 g/mol. The summed E-state index contributed by atoms with van der Waals surface area (Å²) in [6.45, 7) is 6.35. The molecule has 0 atom stereocenters. The zero-order valence-electron chi connectivity index (χ0n) is 11.0. The highest BCUT2D eigenvalue weighted by Gasteiger charge is 2.21. The number of rotatable bonds is 5. The van der Waals surface area contributed by atoms with Gasteiger partial charge in [-0.2, -0.15) is 4.98 Å². The van der Waals surface area contributed by atoms with E-state index in [2.05, 4.69) is 33.2 Å². The fraction of sp³-hybridized carbons (Fsp3) is 0.692.